The fourth-order valence-corrected chi connectivity index (χ4v) is 6.32. The Labute approximate surface area is 189 Å². The Kier molecular flexibility index (Phi) is 5.30. The van der Waals surface area contributed by atoms with E-state index in [2.05, 4.69) is 21.4 Å². The van der Waals surface area contributed by atoms with E-state index in [1.165, 1.54) is 0 Å². The smallest absolute Gasteiger partial charge is 0.227 e. The zero-order valence-corrected chi connectivity index (χ0v) is 18.8. The predicted molar refractivity (Wildman–Crippen MR) is 123 cm³/mol. The molecule has 1 atom stereocenters. The molecule has 3 aromatic rings. The quantitative estimate of drug-likeness (QED) is 0.643. The van der Waals surface area contributed by atoms with Crippen molar-refractivity contribution in [1.82, 2.24) is 15.1 Å². The molecule has 168 valence electrons. The maximum atomic E-state index is 12.6. The largest absolute Gasteiger partial charge is 0.381 e. The Morgan fingerprint density at radius 3 is 2.72 bits per heavy atom. The molecular formula is C23H27N5O3S. The van der Waals surface area contributed by atoms with Gasteiger partial charge in [0.2, 0.25) is 5.95 Å². The molecule has 2 fully saturated rings. The summed E-state index contributed by atoms with van der Waals surface area (Å²) in [7, 11) is -1.02. The van der Waals surface area contributed by atoms with E-state index >= 15 is 0 Å². The second-order valence-electron chi connectivity index (χ2n) is 8.80. The van der Waals surface area contributed by atoms with Crippen LogP contribution in [-0.2, 0) is 22.0 Å². The van der Waals surface area contributed by atoms with Gasteiger partial charge in [0.05, 0.1) is 22.2 Å². The molecule has 32 heavy (non-hydrogen) atoms. The van der Waals surface area contributed by atoms with Crippen LogP contribution in [0.4, 0.5) is 11.8 Å². The average molecular weight is 454 g/mol. The van der Waals surface area contributed by atoms with Crippen molar-refractivity contribution in [2.75, 3.05) is 42.3 Å². The lowest BCUT2D eigenvalue weighted by Crippen LogP contribution is -2.35. The second-order valence-corrected chi connectivity index (χ2v) is 10.3. The zero-order chi connectivity index (χ0) is 21.5. The van der Waals surface area contributed by atoms with E-state index in [4.69, 9.17) is 19.2 Å². The van der Waals surface area contributed by atoms with Gasteiger partial charge in [0.25, 0.3) is 0 Å². The first-order valence-corrected chi connectivity index (χ1v) is 12.8. The Balaban J connectivity index is 1.22. The van der Waals surface area contributed by atoms with Gasteiger partial charge >= 0.3 is 0 Å². The van der Waals surface area contributed by atoms with E-state index < -0.39 is 10.8 Å². The molecule has 0 amide bonds. The van der Waals surface area contributed by atoms with Crippen LogP contribution < -0.4 is 10.2 Å². The van der Waals surface area contributed by atoms with Crippen molar-refractivity contribution in [3.63, 3.8) is 0 Å². The maximum Gasteiger partial charge on any atom is 0.227 e. The number of ether oxygens (including phenoxy) is 1. The van der Waals surface area contributed by atoms with Crippen molar-refractivity contribution in [1.29, 1.82) is 0 Å². The summed E-state index contributed by atoms with van der Waals surface area (Å²) in [4.78, 5) is 12.8. The summed E-state index contributed by atoms with van der Waals surface area (Å²) in [6.07, 6.45) is 4.59. The van der Waals surface area contributed by atoms with Crippen molar-refractivity contribution in [2.24, 2.45) is 0 Å². The highest BCUT2D eigenvalue weighted by Gasteiger charge is 2.31. The molecule has 1 aromatic carbocycles. The van der Waals surface area contributed by atoms with Crippen molar-refractivity contribution in [2.45, 2.75) is 49.0 Å². The number of hydrogen-bond acceptors (Lipinski definition) is 8. The number of nitrogens with one attached hydrogen (secondary N) is 1. The summed E-state index contributed by atoms with van der Waals surface area (Å²) in [6, 6.07) is 8.37. The van der Waals surface area contributed by atoms with E-state index in [0.29, 0.717) is 17.7 Å². The van der Waals surface area contributed by atoms with Gasteiger partial charge in [-0.2, -0.15) is 4.98 Å². The number of aryl methyl sites for hydroxylation is 1. The molecule has 2 saturated heterocycles. The van der Waals surface area contributed by atoms with Crippen molar-refractivity contribution in [3.05, 3.63) is 35.7 Å². The minimum Gasteiger partial charge on any atom is -0.381 e. The summed E-state index contributed by atoms with van der Waals surface area (Å²) in [6.45, 7) is 3.24. The van der Waals surface area contributed by atoms with Gasteiger partial charge in [0, 0.05) is 55.8 Å². The Morgan fingerprint density at radius 2 is 1.88 bits per heavy atom. The number of hydrogen-bond donors (Lipinski definition) is 1. The monoisotopic (exact) mass is 453 g/mol. The van der Waals surface area contributed by atoms with E-state index in [9.17, 15) is 4.21 Å². The molecule has 3 aliphatic heterocycles. The van der Waals surface area contributed by atoms with Crippen LogP contribution in [-0.4, -0.2) is 57.4 Å². The van der Waals surface area contributed by atoms with Crippen molar-refractivity contribution >= 4 is 33.5 Å². The number of fused-ring (bicyclic) bond motifs is 2. The van der Waals surface area contributed by atoms with E-state index in [-0.39, 0.29) is 0 Å². The minimum absolute atomic E-state index is 0.305. The SMILES string of the molecule is O=S1CCc2nc(N3CCC(c4noc5ccccc45)CC3)nc(NC3CCOCC3)c21. The van der Waals surface area contributed by atoms with E-state index in [1.807, 2.05) is 18.2 Å². The molecule has 2 aromatic heterocycles. The van der Waals surface area contributed by atoms with Gasteiger partial charge in [-0.15, -0.1) is 0 Å². The number of aromatic nitrogens is 3. The molecule has 1 N–H and O–H groups in total. The summed E-state index contributed by atoms with van der Waals surface area (Å²) >= 11 is 0. The number of nitrogens with zero attached hydrogens (tertiary/aromatic N) is 4. The lowest BCUT2D eigenvalue weighted by Gasteiger charge is -2.32. The lowest BCUT2D eigenvalue weighted by molar-refractivity contribution is 0.0903. The molecule has 5 heterocycles. The number of piperidine rings is 1. The lowest BCUT2D eigenvalue weighted by atomic mass is 9.92. The fourth-order valence-electron chi connectivity index (χ4n) is 5.01. The number of benzene rings is 1. The average Bonchev–Trinajstić information content (AvgIpc) is 3.44. The van der Waals surface area contributed by atoms with E-state index in [0.717, 1.165) is 97.4 Å². The third kappa shape index (κ3) is 3.67. The number of para-hydroxylation sites is 1. The molecular weight excluding hydrogens is 426 g/mol. The Hall–Kier alpha value is -2.52. The normalized spacial score (nSPS) is 22.4. The highest BCUT2D eigenvalue weighted by molar-refractivity contribution is 7.85. The summed E-state index contributed by atoms with van der Waals surface area (Å²) < 4.78 is 23.6. The molecule has 6 rings (SSSR count). The van der Waals surface area contributed by atoms with Crippen LogP contribution >= 0.6 is 0 Å². The van der Waals surface area contributed by atoms with Crippen LogP contribution in [0.2, 0.25) is 0 Å². The summed E-state index contributed by atoms with van der Waals surface area (Å²) in [5, 5.41) is 9.06. The van der Waals surface area contributed by atoms with Gasteiger partial charge in [0.1, 0.15) is 10.7 Å². The van der Waals surface area contributed by atoms with Gasteiger partial charge < -0.3 is 19.5 Å². The highest BCUT2D eigenvalue weighted by atomic mass is 32.2. The van der Waals surface area contributed by atoms with Gasteiger partial charge in [0.15, 0.2) is 5.58 Å². The molecule has 8 nitrogen and oxygen atoms in total. The topological polar surface area (TPSA) is 93.4 Å². The van der Waals surface area contributed by atoms with Crippen LogP contribution in [0, 0.1) is 0 Å². The third-order valence-electron chi connectivity index (χ3n) is 6.81. The van der Waals surface area contributed by atoms with Gasteiger partial charge in [-0.1, -0.05) is 17.3 Å². The molecule has 0 saturated carbocycles. The number of rotatable bonds is 4. The molecule has 9 heteroatoms. The van der Waals surface area contributed by atoms with Crippen LogP contribution in [0.1, 0.15) is 43.0 Å². The van der Waals surface area contributed by atoms with Gasteiger partial charge in [-0.3, -0.25) is 4.21 Å². The molecule has 3 aliphatic rings. The first-order valence-electron chi connectivity index (χ1n) is 11.5. The fraction of sp³-hybridized carbons (Fsp3) is 0.522. The van der Waals surface area contributed by atoms with Crippen molar-refractivity contribution in [3.8, 4) is 0 Å². The molecule has 0 spiro atoms. The maximum absolute atomic E-state index is 12.6. The Morgan fingerprint density at radius 1 is 1.06 bits per heavy atom. The van der Waals surface area contributed by atoms with Crippen molar-refractivity contribution < 1.29 is 13.5 Å². The predicted octanol–water partition coefficient (Wildman–Crippen LogP) is 3.26. The van der Waals surface area contributed by atoms with Crippen LogP contribution in [0.15, 0.2) is 33.7 Å². The first kappa shape index (κ1) is 20.1. The standard InChI is InChI=1S/C23H27N5O3S/c29-32-14-9-18-21(32)22(24-16-7-12-30-13-8-16)26-23(25-18)28-10-5-15(6-11-28)20-17-3-1-2-4-19(17)31-27-20/h1-4,15-16H,5-14H2,(H,24,25,26). The van der Waals surface area contributed by atoms with Crippen LogP contribution in [0.3, 0.4) is 0 Å². The zero-order valence-electron chi connectivity index (χ0n) is 18.0. The number of anilines is 2. The summed E-state index contributed by atoms with van der Waals surface area (Å²) in [5.74, 6) is 2.52. The Bertz CT molecular complexity index is 1150. The molecule has 0 bridgehead atoms. The first-order chi connectivity index (χ1) is 15.8. The van der Waals surface area contributed by atoms with Gasteiger partial charge in [-0.05, 0) is 37.8 Å². The molecule has 0 aliphatic carbocycles. The van der Waals surface area contributed by atoms with Crippen LogP contribution in [0.25, 0.3) is 11.0 Å². The van der Waals surface area contributed by atoms with Crippen LogP contribution in [0.5, 0.6) is 0 Å². The van der Waals surface area contributed by atoms with Gasteiger partial charge in [-0.25, -0.2) is 4.98 Å². The summed E-state index contributed by atoms with van der Waals surface area (Å²) in [5.41, 5.74) is 2.85. The third-order valence-corrected chi connectivity index (χ3v) is 8.27. The highest BCUT2D eigenvalue weighted by Crippen LogP contribution is 2.35. The minimum atomic E-state index is -1.02. The second kappa shape index (κ2) is 8.44. The van der Waals surface area contributed by atoms with E-state index in [1.54, 1.807) is 0 Å². The molecule has 0 radical (unpaired) electrons. The molecule has 1 unspecified atom stereocenters.